The van der Waals surface area contributed by atoms with Crippen LogP contribution in [0.25, 0.3) is 0 Å². The Balaban J connectivity index is 2.06. The second-order valence-corrected chi connectivity index (χ2v) is 5.29. The molecule has 102 valence electrons. The fourth-order valence-corrected chi connectivity index (χ4v) is 2.47. The Labute approximate surface area is 120 Å². The molecule has 0 amide bonds. The van der Waals surface area contributed by atoms with Gasteiger partial charge in [-0.3, -0.25) is 4.79 Å². The number of hydrogen-bond donors (Lipinski definition) is 2. The number of hydrogen-bond acceptors (Lipinski definition) is 3. The Morgan fingerprint density at radius 3 is 1.80 bits per heavy atom. The van der Waals surface area contributed by atoms with Gasteiger partial charge in [-0.25, -0.2) is 4.79 Å². The van der Waals surface area contributed by atoms with Gasteiger partial charge in [-0.1, -0.05) is 23.9 Å². The number of aliphatic carboxylic acids is 1. The lowest BCUT2D eigenvalue weighted by Crippen LogP contribution is -1.99. The van der Waals surface area contributed by atoms with Crippen molar-refractivity contribution in [3.8, 4) is 0 Å². The normalized spacial score (nSPS) is 10.2. The van der Waals surface area contributed by atoms with E-state index in [1.807, 2.05) is 12.1 Å². The molecular weight excluding hydrogens is 276 g/mol. The van der Waals surface area contributed by atoms with Crippen LogP contribution in [0.15, 0.2) is 58.3 Å². The maximum absolute atomic E-state index is 10.7. The van der Waals surface area contributed by atoms with Crippen molar-refractivity contribution in [1.82, 2.24) is 0 Å². The van der Waals surface area contributed by atoms with E-state index in [4.69, 9.17) is 10.2 Å². The lowest BCUT2D eigenvalue weighted by molar-refractivity contribution is -0.136. The van der Waals surface area contributed by atoms with E-state index >= 15 is 0 Å². The second-order valence-electron chi connectivity index (χ2n) is 4.15. The third-order valence-electron chi connectivity index (χ3n) is 2.62. The molecule has 0 radical (unpaired) electrons. The summed E-state index contributed by atoms with van der Waals surface area (Å²) < 4.78 is 0. The summed E-state index contributed by atoms with van der Waals surface area (Å²) in [7, 11) is 0. The molecule has 2 aromatic rings. The molecule has 0 heterocycles. The molecule has 0 atom stereocenters. The van der Waals surface area contributed by atoms with Crippen LogP contribution in [0.5, 0.6) is 0 Å². The minimum Gasteiger partial charge on any atom is -0.481 e. The molecule has 5 heteroatoms. The zero-order chi connectivity index (χ0) is 14.5. The van der Waals surface area contributed by atoms with E-state index in [9.17, 15) is 9.59 Å². The van der Waals surface area contributed by atoms with Gasteiger partial charge in [-0.15, -0.1) is 0 Å². The van der Waals surface area contributed by atoms with Crippen LogP contribution in [0.1, 0.15) is 15.9 Å². The van der Waals surface area contributed by atoms with Crippen molar-refractivity contribution in [3.63, 3.8) is 0 Å². The predicted octanol–water partition coefficient (Wildman–Crippen LogP) is 3.16. The minimum atomic E-state index is -0.945. The summed E-state index contributed by atoms with van der Waals surface area (Å²) in [5.41, 5.74) is 1.01. The largest absolute Gasteiger partial charge is 0.481 e. The van der Waals surface area contributed by atoms with Gasteiger partial charge in [0.2, 0.25) is 0 Å². The van der Waals surface area contributed by atoms with E-state index in [0.717, 1.165) is 15.4 Å². The second kappa shape index (κ2) is 6.25. The molecule has 0 unspecified atom stereocenters. The number of carboxylic acid groups (broad SMARTS) is 2. The summed E-state index contributed by atoms with van der Waals surface area (Å²) in [6.07, 6.45) is 0.0122. The van der Waals surface area contributed by atoms with Gasteiger partial charge in [0, 0.05) is 9.79 Å². The van der Waals surface area contributed by atoms with Crippen molar-refractivity contribution >= 4 is 23.7 Å². The van der Waals surface area contributed by atoms with Gasteiger partial charge >= 0.3 is 11.9 Å². The molecule has 0 fully saturated rings. The van der Waals surface area contributed by atoms with Crippen LogP contribution in [0.4, 0.5) is 0 Å². The summed E-state index contributed by atoms with van der Waals surface area (Å²) in [6.45, 7) is 0. The van der Waals surface area contributed by atoms with Crippen molar-refractivity contribution in [2.75, 3.05) is 0 Å². The highest BCUT2D eigenvalue weighted by Crippen LogP contribution is 2.28. The lowest BCUT2D eigenvalue weighted by Gasteiger charge is -2.03. The Kier molecular flexibility index (Phi) is 4.42. The summed E-state index contributed by atoms with van der Waals surface area (Å²) in [5.74, 6) is -1.80. The molecule has 0 aliphatic rings. The fourth-order valence-electron chi connectivity index (χ4n) is 1.65. The average Bonchev–Trinajstić information content (AvgIpc) is 2.41. The van der Waals surface area contributed by atoms with Gasteiger partial charge in [0.05, 0.1) is 12.0 Å². The Hall–Kier alpha value is -2.27. The van der Waals surface area contributed by atoms with Gasteiger partial charge in [0.25, 0.3) is 0 Å². The van der Waals surface area contributed by atoms with E-state index in [0.29, 0.717) is 0 Å². The highest BCUT2D eigenvalue weighted by Gasteiger charge is 2.04. The van der Waals surface area contributed by atoms with Crippen LogP contribution in [0.3, 0.4) is 0 Å². The van der Waals surface area contributed by atoms with Crippen molar-refractivity contribution < 1.29 is 19.8 Å². The van der Waals surface area contributed by atoms with Gasteiger partial charge in [-0.2, -0.15) is 0 Å². The first-order valence-electron chi connectivity index (χ1n) is 5.86. The Morgan fingerprint density at radius 1 is 0.850 bits per heavy atom. The smallest absolute Gasteiger partial charge is 0.335 e. The number of benzene rings is 2. The monoisotopic (exact) mass is 288 g/mol. The lowest BCUT2D eigenvalue weighted by atomic mass is 10.2. The maximum Gasteiger partial charge on any atom is 0.335 e. The van der Waals surface area contributed by atoms with Gasteiger partial charge in [0.1, 0.15) is 0 Å². The van der Waals surface area contributed by atoms with Crippen LogP contribution in [0.2, 0.25) is 0 Å². The fraction of sp³-hybridized carbons (Fsp3) is 0.0667. The maximum atomic E-state index is 10.7. The summed E-state index contributed by atoms with van der Waals surface area (Å²) in [6, 6.07) is 13.9. The number of rotatable bonds is 5. The highest BCUT2D eigenvalue weighted by molar-refractivity contribution is 7.99. The SMILES string of the molecule is O=C(O)Cc1ccc(Sc2ccc(C(=O)O)cc2)cc1. The van der Waals surface area contributed by atoms with Crippen molar-refractivity contribution in [2.45, 2.75) is 16.2 Å². The topological polar surface area (TPSA) is 74.6 Å². The van der Waals surface area contributed by atoms with Crippen LogP contribution >= 0.6 is 11.8 Å². The molecule has 2 aromatic carbocycles. The van der Waals surface area contributed by atoms with Gasteiger partial charge < -0.3 is 10.2 Å². The summed E-state index contributed by atoms with van der Waals surface area (Å²) in [5, 5.41) is 17.5. The first kappa shape index (κ1) is 14.1. The van der Waals surface area contributed by atoms with Crippen molar-refractivity contribution in [3.05, 3.63) is 59.7 Å². The zero-order valence-electron chi connectivity index (χ0n) is 10.4. The molecule has 0 bridgehead atoms. The Bertz CT molecular complexity index is 617. The quantitative estimate of drug-likeness (QED) is 0.884. The Morgan fingerprint density at radius 2 is 1.35 bits per heavy atom. The molecular formula is C15H12O4S. The molecule has 0 aromatic heterocycles. The molecule has 20 heavy (non-hydrogen) atoms. The first-order valence-corrected chi connectivity index (χ1v) is 6.68. The molecule has 0 aliphatic heterocycles. The standard InChI is InChI=1S/C15H12O4S/c16-14(17)9-10-1-5-12(6-2-10)20-13-7-3-11(4-8-13)15(18)19/h1-8H,9H2,(H,16,17)(H,18,19). The van der Waals surface area contributed by atoms with Crippen molar-refractivity contribution in [2.24, 2.45) is 0 Å². The van der Waals surface area contributed by atoms with Gasteiger partial charge in [-0.05, 0) is 42.0 Å². The first-order chi connectivity index (χ1) is 9.54. The highest BCUT2D eigenvalue weighted by atomic mass is 32.2. The molecule has 0 saturated carbocycles. The van der Waals surface area contributed by atoms with Crippen LogP contribution in [0, 0.1) is 0 Å². The van der Waals surface area contributed by atoms with Crippen LogP contribution in [-0.4, -0.2) is 22.2 Å². The summed E-state index contributed by atoms with van der Waals surface area (Å²) >= 11 is 1.50. The van der Waals surface area contributed by atoms with Gasteiger partial charge in [0.15, 0.2) is 0 Å². The number of carbonyl (C=O) groups is 2. The molecule has 0 aliphatic carbocycles. The van der Waals surface area contributed by atoms with E-state index < -0.39 is 11.9 Å². The zero-order valence-corrected chi connectivity index (χ0v) is 11.3. The molecule has 2 N–H and O–H groups in total. The molecule has 0 spiro atoms. The molecule has 0 saturated heterocycles. The number of carboxylic acids is 2. The summed E-state index contributed by atoms with van der Waals surface area (Å²) in [4.78, 5) is 23.2. The van der Waals surface area contributed by atoms with Crippen LogP contribution < -0.4 is 0 Å². The van der Waals surface area contributed by atoms with E-state index in [1.54, 1.807) is 36.4 Å². The number of aromatic carboxylic acids is 1. The van der Waals surface area contributed by atoms with E-state index in [-0.39, 0.29) is 12.0 Å². The average molecular weight is 288 g/mol. The van der Waals surface area contributed by atoms with E-state index in [1.165, 1.54) is 11.8 Å². The predicted molar refractivity (Wildman–Crippen MR) is 75.3 cm³/mol. The van der Waals surface area contributed by atoms with Crippen molar-refractivity contribution in [1.29, 1.82) is 0 Å². The third kappa shape index (κ3) is 3.86. The van der Waals surface area contributed by atoms with Crippen LogP contribution in [-0.2, 0) is 11.2 Å². The molecule has 4 nitrogen and oxygen atoms in total. The molecule has 2 rings (SSSR count). The van der Waals surface area contributed by atoms with E-state index in [2.05, 4.69) is 0 Å². The minimum absolute atomic E-state index is 0.0122. The third-order valence-corrected chi connectivity index (χ3v) is 3.63.